The van der Waals surface area contributed by atoms with Crippen molar-refractivity contribution in [3.8, 4) is 11.5 Å². The fourth-order valence-electron chi connectivity index (χ4n) is 1.88. The van der Waals surface area contributed by atoms with E-state index in [-0.39, 0.29) is 12.4 Å². The smallest absolute Gasteiger partial charge is 0.174 e. The van der Waals surface area contributed by atoms with Gasteiger partial charge >= 0.3 is 0 Å². The maximum Gasteiger partial charge on any atom is 0.174 e. The molecule has 0 bridgehead atoms. The average Bonchev–Trinajstić information content (AvgIpc) is 2.48. The van der Waals surface area contributed by atoms with Crippen LogP contribution >= 0.6 is 0 Å². The van der Waals surface area contributed by atoms with E-state index < -0.39 is 0 Å². The minimum atomic E-state index is 0.0440. The summed E-state index contributed by atoms with van der Waals surface area (Å²) in [5, 5.41) is 0. The summed E-state index contributed by atoms with van der Waals surface area (Å²) in [6.45, 7) is 2.54. The zero-order valence-electron chi connectivity index (χ0n) is 11.5. The van der Waals surface area contributed by atoms with E-state index in [4.69, 9.17) is 9.47 Å². The van der Waals surface area contributed by atoms with Crippen molar-refractivity contribution in [2.24, 2.45) is 0 Å². The van der Waals surface area contributed by atoms with Crippen molar-refractivity contribution in [3.05, 3.63) is 60.2 Å². The van der Waals surface area contributed by atoms with Crippen molar-refractivity contribution in [2.75, 3.05) is 13.2 Å². The van der Waals surface area contributed by atoms with Gasteiger partial charge in [0.2, 0.25) is 0 Å². The van der Waals surface area contributed by atoms with Gasteiger partial charge in [-0.05, 0) is 24.6 Å². The van der Waals surface area contributed by atoms with Gasteiger partial charge in [-0.15, -0.1) is 0 Å². The van der Waals surface area contributed by atoms with Crippen LogP contribution in [0.3, 0.4) is 0 Å². The van der Waals surface area contributed by atoms with Gasteiger partial charge in [0.25, 0.3) is 0 Å². The largest absolute Gasteiger partial charge is 0.490 e. The lowest BCUT2D eigenvalue weighted by molar-refractivity contribution is -0.120. The number of rotatable bonds is 7. The molecule has 0 saturated carbocycles. The second-order valence-electron chi connectivity index (χ2n) is 4.37. The third-order valence-corrected chi connectivity index (χ3v) is 2.78. The van der Waals surface area contributed by atoms with Crippen LogP contribution in [0.5, 0.6) is 11.5 Å². The minimum Gasteiger partial charge on any atom is -0.490 e. The number of carbonyl (C=O) groups is 1. The van der Waals surface area contributed by atoms with Crippen LogP contribution in [0.1, 0.15) is 12.5 Å². The Morgan fingerprint density at radius 2 is 1.50 bits per heavy atom. The van der Waals surface area contributed by atoms with Crippen LogP contribution in [0.15, 0.2) is 54.6 Å². The lowest BCUT2D eigenvalue weighted by Gasteiger charge is -2.11. The van der Waals surface area contributed by atoms with Gasteiger partial charge in [0.05, 0.1) is 6.61 Å². The Morgan fingerprint density at radius 3 is 2.15 bits per heavy atom. The second-order valence-corrected chi connectivity index (χ2v) is 4.37. The van der Waals surface area contributed by atoms with Crippen molar-refractivity contribution in [3.63, 3.8) is 0 Å². The fourth-order valence-corrected chi connectivity index (χ4v) is 1.88. The molecule has 0 aliphatic rings. The van der Waals surface area contributed by atoms with Crippen LogP contribution < -0.4 is 9.47 Å². The lowest BCUT2D eigenvalue weighted by atomic mass is 10.1. The normalized spacial score (nSPS) is 10.1. The van der Waals surface area contributed by atoms with E-state index >= 15 is 0 Å². The topological polar surface area (TPSA) is 35.5 Å². The highest BCUT2D eigenvalue weighted by Crippen LogP contribution is 2.26. The van der Waals surface area contributed by atoms with Crippen LogP contribution in [0.4, 0.5) is 0 Å². The number of hydrogen-bond donors (Lipinski definition) is 0. The highest BCUT2D eigenvalue weighted by atomic mass is 16.5. The number of Topliss-reactive ketones (excluding diaryl/α,β-unsaturated/α-hetero) is 1. The molecule has 0 aliphatic heterocycles. The predicted octanol–water partition coefficient (Wildman–Crippen LogP) is 3.28. The number of ether oxygens (including phenoxy) is 2. The van der Waals surface area contributed by atoms with Crippen molar-refractivity contribution in [2.45, 2.75) is 13.3 Å². The molecule has 2 rings (SSSR count). The van der Waals surface area contributed by atoms with Crippen LogP contribution in [-0.2, 0) is 11.2 Å². The molecule has 0 atom stereocenters. The summed E-state index contributed by atoms with van der Waals surface area (Å²) in [6.07, 6.45) is 0.387. The van der Waals surface area contributed by atoms with E-state index in [1.165, 1.54) is 0 Å². The molecule has 0 radical (unpaired) electrons. The highest BCUT2D eigenvalue weighted by Gasteiger charge is 2.08. The molecule has 0 N–H and O–H groups in total. The molecule has 0 spiro atoms. The summed E-state index contributed by atoms with van der Waals surface area (Å²) in [5.74, 6) is 1.32. The van der Waals surface area contributed by atoms with Crippen LogP contribution in [0.2, 0.25) is 0 Å². The molecule has 0 unspecified atom stereocenters. The van der Waals surface area contributed by atoms with Gasteiger partial charge in [0.15, 0.2) is 17.3 Å². The predicted molar refractivity (Wildman–Crippen MR) is 78.3 cm³/mol. The molecular formula is C17H18O3. The monoisotopic (exact) mass is 270 g/mol. The molecule has 0 aromatic heterocycles. The first-order valence-electron chi connectivity index (χ1n) is 6.70. The maximum absolute atomic E-state index is 11.9. The molecule has 2 aromatic carbocycles. The Bertz CT molecular complexity index is 549. The molecule has 0 amide bonds. The summed E-state index contributed by atoms with van der Waals surface area (Å²) in [5.41, 5.74) is 0.999. The second kappa shape index (κ2) is 7.34. The van der Waals surface area contributed by atoms with Crippen LogP contribution in [0, 0.1) is 0 Å². The number of benzene rings is 2. The molecule has 20 heavy (non-hydrogen) atoms. The zero-order chi connectivity index (χ0) is 14.2. The van der Waals surface area contributed by atoms with Gasteiger partial charge in [0, 0.05) is 6.42 Å². The number of hydrogen-bond acceptors (Lipinski definition) is 3. The summed E-state index contributed by atoms with van der Waals surface area (Å²) in [6, 6.07) is 17.0. The minimum absolute atomic E-state index is 0.0440. The van der Waals surface area contributed by atoms with Crippen molar-refractivity contribution in [1.29, 1.82) is 0 Å². The number of para-hydroxylation sites is 2. The molecule has 0 aliphatic carbocycles. The van der Waals surface area contributed by atoms with Crippen molar-refractivity contribution >= 4 is 5.78 Å². The third-order valence-electron chi connectivity index (χ3n) is 2.78. The quantitative estimate of drug-likeness (QED) is 0.774. The average molecular weight is 270 g/mol. The Morgan fingerprint density at radius 1 is 0.900 bits per heavy atom. The molecule has 2 aromatic rings. The Balaban J connectivity index is 1.90. The van der Waals surface area contributed by atoms with Gasteiger partial charge < -0.3 is 9.47 Å². The first-order valence-corrected chi connectivity index (χ1v) is 6.70. The first-order chi connectivity index (χ1) is 9.79. The Kier molecular flexibility index (Phi) is 5.18. The highest BCUT2D eigenvalue weighted by molar-refractivity contribution is 5.82. The van der Waals surface area contributed by atoms with Gasteiger partial charge in [-0.25, -0.2) is 0 Å². The van der Waals surface area contributed by atoms with E-state index in [0.29, 0.717) is 24.5 Å². The van der Waals surface area contributed by atoms with Gasteiger partial charge in [-0.1, -0.05) is 42.5 Å². The van der Waals surface area contributed by atoms with E-state index in [1.54, 1.807) is 6.07 Å². The van der Waals surface area contributed by atoms with Gasteiger partial charge in [-0.3, -0.25) is 4.79 Å². The summed E-state index contributed by atoms with van der Waals surface area (Å²) in [7, 11) is 0. The van der Waals surface area contributed by atoms with E-state index in [2.05, 4.69) is 0 Å². The molecule has 0 fully saturated rings. The maximum atomic E-state index is 11.9. The van der Waals surface area contributed by atoms with E-state index in [9.17, 15) is 4.79 Å². The van der Waals surface area contributed by atoms with Gasteiger partial charge in [0.1, 0.15) is 6.61 Å². The summed E-state index contributed by atoms with van der Waals surface area (Å²) in [4.78, 5) is 11.9. The SMILES string of the molecule is CCOc1ccccc1OCC(=O)Cc1ccccc1. The van der Waals surface area contributed by atoms with E-state index in [0.717, 1.165) is 5.56 Å². The molecule has 3 heteroatoms. The summed E-state index contributed by atoms with van der Waals surface area (Å²) < 4.78 is 11.0. The fraction of sp³-hybridized carbons (Fsp3) is 0.235. The third kappa shape index (κ3) is 4.12. The zero-order valence-corrected chi connectivity index (χ0v) is 11.5. The number of carbonyl (C=O) groups excluding carboxylic acids is 1. The molecule has 3 nitrogen and oxygen atoms in total. The van der Waals surface area contributed by atoms with Crippen LogP contribution in [0.25, 0.3) is 0 Å². The molecule has 0 heterocycles. The van der Waals surface area contributed by atoms with Gasteiger partial charge in [-0.2, -0.15) is 0 Å². The summed E-state index contributed by atoms with van der Waals surface area (Å²) >= 11 is 0. The standard InChI is InChI=1S/C17H18O3/c1-2-19-16-10-6-7-11-17(16)20-13-15(18)12-14-8-4-3-5-9-14/h3-11H,2,12-13H2,1H3. The van der Waals surface area contributed by atoms with Crippen molar-refractivity contribution < 1.29 is 14.3 Å². The molecule has 0 saturated heterocycles. The Hall–Kier alpha value is -2.29. The van der Waals surface area contributed by atoms with Crippen LogP contribution in [-0.4, -0.2) is 19.0 Å². The lowest BCUT2D eigenvalue weighted by Crippen LogP contribution is -2.14. The Labute approximate surface area is 119 Å². The first kappa shape index (κ1) is 14.1. The molecular weight excluding hydrogens is 252 g/mol. The molecule has 104 valence electrons. The van der Waals surface area contributed by atoms with E-state index in [1.807, 2.05) is 55.5 Å². The number of ketones is 1. The van der Waals surface area contributed by atoms with Crippen molar-refractivity contribution in [1.82, 2.24) is 0 Å².